The molecule has 4 heteroatoms. The van der Waals surface area contributed by atoms with Crippen LogP contribution in [0.15, 0.2) is 27.1 Å². The van der Waals surface area contributed by atoms with Crippen molar-refractivity contribution in [3.63, 3.8) is 0 Å². The fraction of sp³-hybridized carbons (Fsp3) is 0.571. The van der Waals surface area contributed by atoms with Crippen molar-refractivity contribution in [3.8, 4) is 0 Å². The van der Waals surface area contributed by atoms with Gasteiger partial charge in [-0.2, -0.15) is 0 Å². The Morgan fingerprint density at radius 3 is 2.50 bits per heavy atom. The topological polar surface area (TPSA) is 24.1 Å². The molecule has 0 fully saturated rings. The molecule has 0 saturated carbocycles. The summed E-state index contributed by atoms with van der Waals surface area (Å²) in [6.07, 6.45) is 0. The van der Waals surface area contributed by atoms with Gasteiger partial charge in [0, 0.05) is 28.1 Å². The molecule has 0 aliphatic rings. The molecule has 18 heavy (non-hydrogen) atoms. The molecule has 0 aromatic heterocycles. The highest BCUT2D eigenvalue weighted by atomic mass is 79.9. The third-order valence-corrected chi connectivity index (χ3v) is 3.92. The third-order valence-electron chi connectivity index (χ3n) is 2.65. The van der Waals surface area contributed by atoms with Crippen molar-refractivity contribution in [2.24, 2.45) is 5.92 Å². The van der Waals surface area contributed by atoms with Crippen molar-refractivity contribution >= 4 is 31.9 Å². The average Bonchev–Trinajstić information content (AvgIpc) is 2.30. The number of rotatable bonds is 7. The van der Waals surface area contributed by atoms with E-state index in [4.69, 9.17) is 0 Å². The smallest absolute Gasteiger partial charge is 0.0221 e. The largest absolute Gasteiger partial charge is 0.315 e. The second-order valence-electron chi connectivity index (χ2n) is 5.07. The van der Waals surface area contributed by atoms with E-state index in [1.54, 1.807) is 0 Å². The molecule has 1 atom stereocenters. The van der Waals surface area contributed by atoms with E-state index in [0.29, 0.717) is 12.0 Å². The van der Waals surface area contributed by atoms with Crippen LogP contribution in [0.4, 0.5) is 0 Å². The Balaban J connectivity index is 2.33. The molecule has 1 rings (SSSR count). The maximum absolute atomic E-state index is 3.58. The van der Waals surface area contributed by atoms with Crippen molar-refractivity contribution in [3.05, 3.63) is 32.7 Å². The second-order valence-corrected chi connectivity index (χ2v) is 6.84. The SMILES string of the molecule is CC(C)CNCC(C)NCc1cc(Br)ccc1Br. The quantitative estimate of drug-likeness (QED) is 0.752. The lowest BCUT2D eigenvalue weighted by atomic mass is 10.2. The molecule has 1 aromatic rings. The Morgan fingerprint density at radius 2 is 1.83 bits per heavy atom. The molecular weight excluding hydrogens is 356 g/mol. The van der Waals surface area contributed by atoms with Crippen molar-refractivity contribution in [2.75, 3.05) is 13.1 Å². The zero-order valence-corrected chi connectivity index (χ0v) is 14.4. The highest BCUT2D eigenvalue weighted by Crippen LogP contribution is 2.21. The predicted octanol–water partition coefficient (Wildman–Crippen LogP) is 3.94. The fourth-order valence-corrected chi connectivity index (χ4v) is 2.42. The van der Waals surface area contributed by atoms with Crippen LogP contribution < -0.4 is 10.6 Å². The standard InChI is InChI=1S/C14H22Br2N2/c1-10(2)7-17-8-11(3)18-9-12-6-13(15)4-5-14(12)16/h4-6,10-11,17-18H,7-9H2,1-3H3. The van der Waals surface area contributed by atoms with Crippen LogP contribution >= 0.6 is 31.9 Å². The van der Waals surface area contributed by atoms with Crippen molar-refractivity contribution in [1.29, 1.82) is 0 Å². The zero-order chi connectivity index (χ0) is 13.5. The van der Waals surface area contributed by atoms with Gasteiger partial charge < -0.3 is 10.6 Å². The van der Waals surface area contributed by atoms with E-state index >= 15 is 0 Å². The van der Waals surface area contributed by atoms with Gasteiger partial charge in [0.1, 0.15) is 0 Å². The summed E-state index contributed by atoms with van der Waals surface area (Å²) in [6, 6.07) is 6.73. The minimum atomic E-state index is 0.467. The normalized spacial score (nSPS) is 13.0. The van der Waals surface area contributed by atoms with Gasteiger partial charge in [-0.15, -0.1) is 0 Å². The van der Waals surface area contributed by atoms with Gasteiger partial charge in [-0.1, -0.05) is 45.7 Å². The molecule has 0 amide bonds. The minimum Gasteiger partial charge on any atom is -0.315 e. The van der Waals surface area contributed by atoms with Crippen LogP contribution in [0, 0.1) is 5.92 Å². The highest BCUT2D eigenvalue weighted by Gasteiger charge is 2.04. The third kappa shape index (κ3) is 6.32. The Morgan fingerprint density at radius 1 is 1.11 bits per heavy atom. The van der Waals surface area contributed by atoms with Crippen LogP contribution in [0.1, 0.15) is 26.3 Å². The molecule has 0 radical (unpaired) electrons. The maximum Gasteiger partial charge on any atom is 0.0221 e. The maximum atomic E-state index is 3.58. The van der Waals surface area contributed by atoms with Gasteiger partial charge in [-0.05, 0) is 43.1 Å². The minimum absolute atomic E-state index is 0.467. The Labute approximate surface area is 127 Å². The van der Waals surface area contributed by atoms with Gasteiger partial charge in [0.25, 0.3) is 0 Å². The summed E-state index contributed by atoms with van der Waals surface area (Å²) in [7, 11) is 0. The van der Waals surface area contributed by atoms with Crippen LogP contribution in [0.25, 0.3) is 0 Å². The van der Waals surface area contributed by atoms with E-state index in [1.807, 2.05) is 6.07 Å². The highest BCUT2D eigenvalue weighted by molar-refractivity contribution is 9.11. The van der Waals surface area contributed by atoms with Crippen LogP contribution in [-0.2, 0) is 6.54 Å². The number of nitrogens with one attached hydrogen (secondary N) is 2. The molecule has 0 aliphatic carbocycles. The van der Waals surface area contributed by atoms with E-state index < -0.39 is 0 Å². The lowest BCUT2D eigenvalue weighted by Crippen LogP contribution is -2.37. The van der Waals surface area contributed by atoms with E-state index in [-0.39, 0.29) is 0 Å². The molecule has 0 bridgehead atoms. The van der Waals surface area contributed by atoms with Crippen molar-refractivity contribution in [1.82, 2.24) is 10.6 Å². The van der Waals surface area contributed by atoms with E-state index in [2.05, 4.69) is 75.4 Å². The summed E-state index contributed by atoms with van der Waals surface area (Å²) >= 11 is 7.08. The molecule has 0 aliphatic heterocycles. The summed E-state index contributed by atoms with van der Waals surface area (Å²) < 4.78 is 2.27. The van der Waals surface area contributed by atoms with Gasteiger partial charge in [-0.3, -0.25) is 0 Å². The molecule has 1 unspecified atom stereocenters. The van der Waals surface area contributed by atoms with Crippen LogP contribution in [0.5, 0.6) is 0 Å². The molecule has 1 aromatic carbocycles. The van der Waals surface area contributed by atoms with Crippen molar-refractivity contribution in [2.45, 2.75) is 33.4 Å². The summed E-state index contributed by atoms with van der Waals surface area (Å²) in [5, 5.41) is 6.99. The lowest BCUT2D eigenvalue weighted by molar-refractivity contribution is 0.472. The molecule has 2 N–H and O–H groups in total. The number of halogens is 2. The monoisotopic (exact) mass is 376 g/mol. The van der Waals surface area contributed by atoms with E-state index in [1.165, 1.54) is 5.56 Å². The Hall–Kier alpha value is 0.1000. The first-order chi connectivity index (χ1) is 8.49. The van der Waals surface area contributed by atoms with Gasteiger partial charge >= 0.3 is 0 Å². The van der Waals surface area contributed by atoms with Crippen LogP contribution in [-0.4, -0.2) is 19.1 Å². The molecule has 102 valence electrons. The first-order valence-corrected chi connectivity index (χ1v) is 7.95. The molecule has 0 spiro atoms. The Bertz CT molecular complexity index is 367. The average molecular weight is 378 g/mol. The number of hydrogen-bond donors (Lipinski definition) is 2. The summed E-state index contributed by atoms with van der Waals surface area (Å²) in [5.41, 5.74) is 1.28. The molecule has 2 nitrogen and oxygen atoms in total. The fourth-order valence-electron chi connectivity index (χ4n) is 1.62. The van der Waals surface area contributed by atoms with E-state index in [9.17, 15) is 0 Å². The van der Waals surface area contributed by atoms with Crippen molar-refractivity contribution < 1.29 is 0 Å². The summed E-state index contributed by atoms with van der Waals surface area (Å²) in [4.78, 5) is 0. The van der Waals surface area contributed by atoms with E-state index in [0.717, 1.165) is 28.6 Å². The molecule has 0 saturated heterocycles. The second kappa shape index (κ2) is 8.31. The zero-order valence-electron chi connectivity index (χ0n) is 11.3. The summed E-state index contributed by atoms with van der Waals surface area (Å²) in [6.45, 7) is 9.62. The Kier molecular flexibility index (Phi) is 7.46. The lowest BCUT2D eigenvalue weighted by Gasteiger charge is -2.16. The first-order valence-electron chi connectivity index (χ1n) is 6.37. The van der Waals surface area contributed by atoms with Gasteiger partial charge in [0.05, 0.1) is 0 Å². The van der Waals surface area contributed by atoms with Crippen LogP contribution in [0.2, 0.25) is 0 Å². The predicted molar refractivity (Wildman–Crippen MR) is 85.9 cm³/mol. The summed E-state index contributed by atoms with van der Waals surface area (Å²) in [5.74, 6) is 0.705. The van der Waals surface area contributed by atoms with Crippen LogP contribution in [0.3, 0.4) is 0 Å². The molecule has 0 heterocycles. The molecular formula is C14H22Br2N2. The number of benzene rings is 1. The van der Waals surface area contributed by atoms with Gasteiger partial charge in [-0.25, -0.2) is 0 Å². The number of hydrogen-bond acceptors (Lipinski definition) is 2. The van der Waals surface area contributed by atoms with Gasteiger partial charge in [0.15, 0.2) is 0 Å². The first kappa shape index (κ1) is 16.2. The van der Waals surface area contributed by atoms with Gasteiger partial charge in [0.2, 0.25) is 0 Å².